The molecule has 0 atom stereocenters. The fourth-order valence-corrected chi connectivity index (χ4v) is 2.78. The van der Waals surface area contributed by atoms with Gasteiger partial charge >= 0.3 is 0 Å². The van der Waals surface area contributed by atoms with Gasteiger partial charge in [-0.15, -0.1) is 0 Å². The van der Waals surface area contributed by atoms with Crippen LogP contribution in [0.25, 0.3) is 5.69 Å². The third-order valence-corrected chi connectivity index (χ3v) is 4.19. The summed E-state index contributed by atoms with van der Waals surface area (Å²) in [6.45, 7) is 1.94. The second-order valence-electron chi connectivity index (χ2n) is 5.74. The van der Waals surface area contributed by atoms with Crippen LogP contribution in [-0.2, 0) is 6.42 Å². The Morgan fingerprint density at radius 1 is 1.15 bits per heavy atom. The van der Waals surface area contributed by atoms with E-state index >= 15 is 0 Å². The minimum atomic E-state index is -0.447. The highest BCUT2D eigenvalue weighted by Crippen LogP contribution is 2.21. The lowest BCUT2D eigenvalue weighted by Gasteiger charge is -2.17. The largest absolute Gasteiger partial charge is 0.311 e. The van der Waals surface area contributed by atoms with E-state index < -0.39 is 4.92 Å². The Labute approximate surface area is 150 Å². The first-order valence-electron chi connectivity index (χ1n) is 8.17. The molecule has 1 aromatic heterocycles. The molecule has 132 valence electrons. The van der Waals surface area contributed by atoms with E-state index in [1.54, 1.807) is 35.0 Å². The molecule has 1 heterocycles. The van der Waals surface area contributed by atoms with Gasteiger partial charge in [-0.25, -0.2) is 4.68 Å². The van der Waals surface area contributed by atoms with Gasteiger partial charge in [-0.2, -0.15) is 5.10 Å². The van der Waals surface area contributed by atoms with Gasteiger partial charge in [0.15, 0.2) is 0 Å². The van der Waals surface area contributed by atoms with Crippen LogP contribution < -0.4 is 4.90 Å². The van der Waals surface area contributed by atoms with E-state index in [2.05, 4.69) is 5.10 Å². The van der Waals surface area contributed by atoms with Crippen LogP contribution in [0, 0.1) is 10.1 Å². The van der Waals surface area contributed by atoms with Crippen LogP contribution in [-0.4, -0.2) is 27.7 Å². The van der Waals surface area contributed by atoms with Crippen LogP contribution in [0.2, 0.25) is 0 Å². The van der Waals surface area contributed by atoms with Crippen LogP contribution in [0.1, 0.15) is 23.0 Å². The van der Waals surface area contributed by atoms with Gasteiger partial charge in [0.05, 0.1) is 28.1 Å². The lowest BCUT2D eigenvalue weighted by Crippen LogP contribution is -2.26. The van der Waals surface area contributed by atoms with Crippen LogP contribution in [0.15, 0.2) is 60.8 Å². The van der Waals surface area contributed by atoms with E-state index in [0.29, 0.717) is 17.7 Å². The van der Waals surface area contributed by atoms with Gasteiger partial charge in [0.2, 0.25) is 0 Å². The summed E-state index contributed by atoms with van der Waals surface area (Å²) < 4.78 is 1.65. The Bertz CT molecular complexity index is 933. The Morgan fingerprint density at radius 3 is 2.38 bits per heavy atom. The highest BCUT2D eigenvalue weighted by molar-refractivity contribution is 6.06. The van der Waals surface area contributed by atoms with Crippen molar-refractivity contribution in [1.82, 2.24) is 9.78 Å². The number of para-hydroxylation sites is 1. The third kappa shape index (κ3) is 3.19. The number of nitro benzene ring substituents is 1. The van der Waals surface area contributed by atoms with Gasteiger partial charge in [-0.1, -0.05) is 25.1 Å². The van der Waals surface area contributed by atoms with Crippen LogP contribution in [0.3, 0.4) is 0 Å². The SMILES string of the molecule is CCc1c(C(=O)N(C)c2ccccc2)cnn1-c1ccc([N+](=O)[O-])cc1. The van der Waals surface area contributed by atoms with Crippen molar-refractivity contribution in [2.45, 2.75) is 13.3 Å². The highest BCUT2D eigenvalue weighted by Gasteiger charge is 2.21. The summed E-state index contributed by atoms with van der Waals surface area (Å²) in [6, 6.07) is 15.5. The standard InChI is InChI=1S/C19H18N4O3/c1-3-18-17(19(24)21(2)14-7-5-4-6-8-14)13-20-22(18)15-9-11-16(12-10-15)23(25)26/h4-13H,3H2,1-2H3. The number of nitro groups is 1. The molecule has 0 aliphatic heterocycles. The Balaban J connectivity index is 1.95. The van der Waals surface area contributed by atoms with Crippen LogP contribution in [0.4, 0.5) is 11.4 Å². The summed E-state index contributed by atoms with van der Waals surface area (Å²) in [4.78, 5) is 24.8. The molecule has 3 aromatic rings. The zero-order chi connectivity index (χ0) is 18.7. The average molecular weight is 350 g/mol. The maximum atomic E-state index is 12.9. The van der Waals surface area contributed by atoms with E-state index in [9.17, 15) is 14.9 Å². The van der Waals surface area contributed by atoms with Crippen molar-refractivity contribution >= 4 is 17.3 Å². The van der Waals surface area contributed by atoms with Gasteiger partial charge in [-0.3, -0.25) is 14.9 Å². The van der Waals surface area contributed by atoms with Crippen molar-refractivity contribution in [1.29, 1.82) is 0 Å². The molecule has 0 unspecified atom stereocenters. The van der Waals surface area contributed by atoms with Crippen molar-refractivity contribution in [2.75, 3.05) is 11.9 Å². The number of hydrogen-bond donors (Lipinski definition) is 0. The fraction of sp³-hybridized carbons (Fsp3) is 0.158. The minimum absolute atomic E-state index is 0.0130. The van der Waals surface area contributed by atoms with Gasteiger partial charge in [0.1, 0.15) is 0 Å². The molecule has 0 fully saturated rings. The molecule has 0 saturated carbocycles. The predicted molar refractivity (Wildman–Crippen MR) is 98.8 cm³/mol. The molecular formula is C19H18N4O3. The lowest BCUT2D eigenvalue weighted by molar-refractivity contribution is -0.384. The van der Waals surface area contributed by atoms with Crippen molar-refractivity contribution in [3.8, 4) is 5.69 Å². The van der Waals surface area contributed by atoms with Crippen LogP contribution in [0.5, 0.6) is 0 Å². The summed E-state index contributed by atoms with van der Waals surface area (Å²) in [5.41, 5.74) is 2.75. The fourth-order valence-electron chi connectivity index (χ4n) is 2.78. The first-order valence-corrected chi connectivity index (χ1v) is 8.17. The number of hydrogen-bond acceptors (Lipinski definition) is 4. The van der Waals surface area contributed by atoms with E-state index in [1.807, 2.05) is 37.3 Å². The second-order valence-corrected chi connectivity index (χ2v) is 5.74. The van der Waals surface area contributed by atoms with Crippen molar-refractivity contribution in [3.05, 3.63) is 82.2 Å². The van der Waals surface area contributed by atoms with Gasteiger partial charge in [0, 0.05) is 24.9 Å². The molecule has 2 aromatic carbocycles. The predicted octanol–water partition coefficient (Wildman–Crippen LogP) is 3.62. The number of amides is 1. The Kier molecular flexibility index (Phi) is 4.79. The molecule has 0 aliphatic carbocycles. The number of carbonyl (C=O) groups excluding carboxylic acids is 1. The van der Waals surface area contributed by atoms with Crippen molar-refractivity contribution < 1.29 is 9.72 Å². The van der Waals surface area contributed by atoms with Crippen molar-refractivity contribution in [2.24, 2.45) is 0 Å². The molecule has 0 bridgehead atoms. The molecule has 7 heteroatoms. The number of anilines is 1. The number of benzene rings is 2. The summed E-state index contributed by atoms with van der Waals surface area (Å²) in [5, 5.41) is 15.1. The molecule has 0 radical (unpaired) electrons. The maximum absolute atomic E-state index is 12.9. The quantitative estimate of drug-likeness (QED) is 0.520. The second kappa shape index (κ2) is 7.18. The van der Waals surface area contributed by atoms with Gasteiger partial charge in [0.25, 0.3) is 11.6 Å². The minimum Gasteiger partial charge on any atom is -0.311 e. The molecule has 0 spiro atoms. The number of nitrogens with zero attached hydrogens (tertiary/aromatic N) is 4. The molecule has 0 aliphatic rings. The molecule has 7 nitrogen and oxygen atoms in total. The van der Waals surface area contributed by atoms with E-state index in [1.165, 1.54) is 12.1 Å². The molecule has 0 saturated heterocycles. The molecule has 0 N–H and O–H groups in total. The zero-order valence-electron chi connectivity index (χ0n) is 14.5. The maximum Gasteiger partial charge on any atom is 0.269 e. The summed E-state index contributed by atoms with van der Waals surface area (Å²) in [7, 11) is 1.72. The number of non-ortho nitro benzene ring substituents is 1. The number of carbonyl (C=O) groups is 1. The number of rotatable bonds is 5. The van der Waals surface area contributed by atoms with E-state index in [4.69, 9.17) is 0 Å². The number of aromatic nitrogens is 2. The molecule has 26 heavy (non-hydrogen) atoms. The van der Waals surface area contributed by atoms with Gasteiger partial charge in [-0.05, 0) is 30.7 Å². The highest BCUT2D eigenvalue weighted by atomic mass is 16.6. The van der Waals surface area contributed by atoms with Crippen molar-refractivity contribution in [3.63, 3.8) is 0 Å². The van der Waals surface area contributed by atoms with E-state index in [-0.39, 0.29) is 11.6 Å². The molecule has 3 rings (SSSR count). The summed E-state index contributed by atoms with van der Waals surface area (Å²) in [6.07, 6.45) is 2.14. The Morgan fingerprint density at radius 2 is 1.81 bits per heavy atom. The average Bonchev–Trinajstić information content (AvgIpc) is 3.11. The van der Waals surface area contributed by atoms with E-state index in [0.717, 1.165) is 11.4 Å². The summed E-state index contributed by atoms with van der Waals surface area (Å²) >= 11 is 0. The normalized spacial score (nSPS) is 10.5. The lowest BCUT2D eigenvalue weighted by atomic mass is 10.1. The first-order chi connectivity index (χ1) is 12.5. The summed E-state index contributed by atoms with van der Waals surface area (Å²) in [5.74, 6) is -0.152. The monoisotopic (exact) mass is 350 g/mol. The smallest absolute Gasteiger partial charge is 0.269 e. The zero-order valence-corrected chi connectivity index (χ0v) is 14.5. The third-order valence-electron chi connectivity index (χ3n) is 4.19. The van der Waals surface area contributed by atoms with Crippen LogP contribution >= 0.6 is 0 Å². The molecule has 1 amide bonds. The first kappa shape index (κ1) is 17.3. The molecular weight excluding hydrogens is 332 g/mol. The Hall–Kier alpha value is -3.48. The van der Waals surface area contributed by atoms with Gasteiger partial charge < -0.3 is 4.90 Å². The topological polar surface area (TPSA) is 81.3 Å².